The van der Waals surface area contributed by atoms with Gasteiger partial charge in [-0.3, -0.25) is 10.3 Å². The lowest BCUT2D eigenvalue weighted by Crippen LogP contribution is -2.42. The molecule has 1 aliphatic heterocycles. The van der Waals surface area contributed by atoms with Crippen LogP contribution in [0.25, 0.3) is 0 Å². The van der Waals surface area contributed by atoms with Gasteiger partial charge in [-0.25, -0.2) is 0 Å². The number of nitriles is 1. The Kier molecular flexibility index (Phi) is 2.73. The third-order valence-electron chi connectivity index (χ3n) is 1.70. The first-order valence-electron chi connectivity index (χ1n) is 3.83. The van der Waals surface area contributed by atoms with E-state index in [1.807, 2.05) is 6.19 Å². The van der Waals surface area contributed by atoms with E-state index in [2.05, 4.69) is 22.1 Å². The van der Waals surface area contributed by atoms with Crippen LogP contribution >= 0.6 is 0 Å². The minimum atomic E-state index is 0.723. The van der Waals surface area contributed by atoms with E-state index in [0.717, 1.165) is 32.0 Å². The van der Waals surface area contributed by atoms with Gasteiger partial charge in [-0.05, 0) is 13.3 Å². The highest BCUT2D eigenvalue weighted by molar-refractivity contribution is 5.81. The van der Waals surface area contributed by atoms with Crippen molar-refractivity contribution in [2.24, 2.45) is 4.99 Å². The fourth-order valence-electron chi connectivity index (χ4n) is 1.13. The van der Waals surface area contributed by atoms with Gasteiger partial charge in [0, 0.05) is 19.6 Å². The summed E-state index contributed by atoms with van der Waals surface area (Å²) in [7, 11) is 0. The molecule has 0 radical (unpaired) electrons. The van der Waals surface area contributed by atoms with E-state index >= 15 is 0 Å². The molecule has 4 heteroatoms. The topological polar surface area (TPSA) is 51.4 Å². The Bertz CT molecular complexity index is 191. The van der Waals surface area contributed by atoms with Crippen molar-refractivity contribution in [1.29, 1.82) is 5.26 Å². The smallest absolute Gasteiger partial charge is 0.207 e. The zero-order valence-electron chi connectivity index (χ0n) is 6.67. The number of nitrogens with one attached hydrogen (secondary N) is 1. The van der Waals surface area contributed by atoms with Crippen molar-refractivity contribution in [1.82, 2.24) is 10.2 Å². The average molecular weight is 152 g/mol. The van der Waals surface area contributed by atoms with Gasteiger partial charge in [-0.15, -0.1) is 0 Å². The molecule has 11 heavy (non-hydrogen) atoms. The average Bonchev–Trinajstić information content (AvgIpc) is 2.06. The Morgan fingerprint density at radius 1 is 1.82 bits per heavy atom. The molecule has 60 valence electrons. The van der Waals surface area contributed by atoms with Crippen molar-refractivity contribution in [3.05, 3.63) is 0 Å². The summed E-state index contributed by atoms with van der Waals surface area (Å²) in [6.07, 6.45) is 2.97. The Labute approximate surface area is 66.5 Å². The number of guanidine groups is 1. The maximum atomic E-state index is 8.36. The lowest BCUT2D eigenvalue weighted by molar-refractivity contribution is 0.403. The molecular formula is C7H12N4. The van der Waals surface area contributed by atoms with Gasteiger partial charge in [0.2, 0.25) is 5.96 Å². The summed E-state index contributed by atoms with van der Waals surface area (Å²) in [5.74, 6) is 0.723. The number of aliphatic imine (C=N–C) groups is 1. The molecule has 0 aromatic heterocycles. The van der Waals surface area contributed by atoms with Gasteiger partial charge < -0.3 is 4.90 Å². The summed E-state index contributed by atoms with van der Waals surface area (Å²) in [6, 6.07) is 0. The van der Waals surface area contributed by atoms with E-state index in [4.69, 9.17) is 5.26 Å². The van der Waals surface area contributed by atoms with Crippen LogP contribution in [-0.4, -0.2) is 30.5 Å². The molecule has 0 bridgehead atoms. The van der Waals surface area contributed by atoms with E-state index in [1.165, 1.54) is 0 Å². The van der Waals surface area contributed by atoms with Crippen LogP contribution in [0.1, 0.15) is 13.3 Å². The quantitative estimate of drug-likeness (QED) is 0.429. The van der Waals surface area contributed by atoms with Crippen LogP contribution in [0.2, 0.25) is 0 Å². The molecule has 0 unspecified atom stereocenters. The molecule has 1 heterocycles. The zero-order chi connectivity index (χ0) is 8.10. The third kappa shape index (κ3) is 1.84. The Morgan fingerprint density at radius 2 is 2.64 bits per heavy atom. The normalized spacial score (nSPS) is 17.1. The molecular weight excluding hydrogens is 140 g/mol. The van der Waals surface area contributed by atoms with E-state index < -0.39 is 0 Å². The predicted octanol–water partition coefficient (Wildman–Crippen LogP) is 0.139. The van der Waals surface area contributed by atoms with Gasteiger partial charge >= 0.3 is 0 Å². The van der Waals surface area contributed by atoms with Crippen LogP contribution < -0.4 is 5.32 Å². The van der Waals surface area contributed by atoms with Crippen LogP contribution in [0.5, 0.6) is 0 Å². The Hall–Kier alpha value is -1.24. The number of nitrogens with zero attached hydrogens (tertiary/aromatic N) is 3. The van der Waals surface area contributed by atoms with E-state index in [1.54, 1.807) is 0 Å². The summed E-state index contributed by atoms with van der Waals surface area (Å²) in [4.78, 5) is 6.24. The van der Waals surface area contributed by atoms with Gasteiger partial charge in [-0.1, -0.05) is 0 Å². The molecule has 0 amide bonds. The largest absolute Gasteiger partial charge is 0.342 e. The highest BCUT2D eigenvalue weighted by atomic mass is 15.3. The molecule has 1 N–H and O–H groups in total. The van der Waals surface area contributed by atoms with E-state index in [-0.39, 0.29) is 0 Å². The summed E-state index contributed by atoms with van der Waals surface area (Å²) < 4.78 is 0. The monoisotopic (exact) mass is 152 g/mol. The van der Waals surface area contributed by atoms with E-state index in [9.17, 15) is 0 Å². The highest BCUT2D eigenvalue weighted by Gasteiger charge is 2.11. The minimum absolute atomic E-state index is 0.723. The van der Waals surface area contributed by atoms with Crippen molar-refractivity contribution in [3.63, 3.8) is 0 Å². The lowest BCUT2D eigenvalue weighted by atomic mass is 10.3. The van der Waals surface area contributed by atoms with Crippen LogP contribution in [0.4, 0.5) is 0 Å². The number of rotatable bonds is 1. The van der Waals surface area contributed by atoms with Gasteiger partial charge in [-0.2, -0.15) is 5.26 Å². The van der Waals surface area contributed by atoms with Crippen LogP contribution in [0.3, 0.4) is 0 Å². The molecule has 0 fully saturated rings. The molecule has 0 saturated carbocycles. The fourth-order valence-corrected chi connectivity index (χ4v) is 1.13. The first kappa shape index (κ1) is 7.86. The molecule has 0 aromatic carbocycles. The second-order valence-corrected chi connectivity index (χ2v) is 2.38. The summed E-state index contributed by atoms with van der Waals surface area (Å²) >= 11 is 0. The fraction of sp³-hybridized carbons (Fsp3) is 0.714. The first-order chi connectivity index (χ1) is 5.38. The Morgan fingerprint density at radius 3 is 3.27 bits per heavy atom. The standard InChI is InChI=1S/C7H12N4/c1-2-11-5-3-4-9-7(11)10-6-8/h2-5H2,1H3,(H,9,10). The molecule has 0 spiro atoms. The molecule has 0 atom stereocenters. The van der Waals surface area contributed by atoms with Gasteiger partial charge in [0.15, 0.2) is 6.19 Å². The predicted molar refractivity (Wildman–Crippen MR) is 42.9 cm³/mol. The highest BCUT2D eigenvalue weighted by Crippen LogP contribution is 1.99. The van der Waals surface area contributed by atoms with Gasteiger partial charge in [0.05, 0.1) is 0 Å². The van der Waals surface area contributed by atoms with Crippen LogP contribution in [-0.2, 0) is 0 Å². The molecule has 0 aliphatic carbocycles. The maximum absolute atomic E-state index is 8.36. The molecule has 1 aliphatic rings. The minimum Gasteiger partial charge on any atom is -0.342 e. The van der Waals surface area contributed by atoms with Crippen molar-refractivity contribution in [3.8, 4) is 6.19 Å². The Balaban J connectivity index is 2.57. The molecule has 0 saturated heterocycles. The molecule has 4 nitrogen and oxygen atoms in total. The first-order valence-corrected chi connectivity index (χ1v) is 3.83. The summed E-state index contributed by atoms with van der Waals surface area (Å²) in [5.41, 5.74) is 0. The van der Waals surface area contributed by atoms with Gasteiger partial charge in [0.25, 0.3) is 0 Å². The molecule has 1 rings (SSSR count). The van der Waals surface area contributed by atoms with Crippen molar-refractivity contribution in [2.75, 3.05) is 19.6 Å². The second kappa shape index (κ2) is 3.81. The molecule has 0 aromatic rings. The van der Waals surface area contributed by atoms with Crippen LogP contribution in [0, 0.1) is 11.5 Å². The zero-order valence-corrected chi connectivity index (χ0v) is 6.67. The summed E-state index contributed by atoms with van der Waals surface area (Å²) in [6.45, 7) is 4.80. The number of hydrogen-bond acceptors (Lipinski definition) is 4. The van der Waals surface area contributed by atoms with Crippen molar-refractivity contribution >= 4 is 5.96 Å². The van der Waals surface area contributed by atoms with Crippen molar-refractivity contribution in [2.45, 2.75) is 13.3 Å². The SMILES string of the molecule is CCN1CCCN=C1NC#N. The summed E-state index contributed by atoms with van der Waals surface area (Å²) in [5, 5.41) is 10.9. The van der Waals surface area contributed by atoms with Gasteiger partial charge in [0.1, 0.15) is 0 Å². The van der Waals surface area contributed by atoms with E-state index in [0.29, 0.717) is 0 Å². The second-order valence-electron chi connectivity index (χ2n) is 2.38. The third-order valence-corrected chi connectivity index (χ3v) is 1.70. The number of hydrogen-bond donors (Lipinski definition) is 1. The maximum Gasteiger partial charge on any atom is 0.207 e. The lowest BCUT2D eigenvalue weighted by Gasteiger charge is -2.26. The van der Waals surface area contributed by atoms with Crippen LogP contribution in [0.15, 0.2) is 4.99 Å². The van der Waals surface area contributed by atoms with Crippen molar-refractivity contribution < 1.29 is 0 Å².